The van der Waals surface area contributed by atoms with E-state index in [0.717, 1.165) is 18.5 Å². The molecule has 0 radical (unpaired) electrons. The highest BCUT2D eigenvalue weighted by Gasteiger charge is 2.24. The molecule has 0 amide bonds. The maximum Gasteiger partial charge on any atom is 0.243 e. The van der Waals surface area contributed by atoms with E-state index < -0.39 is 0 Å². The average Bonchev–Trinajstić information content (AvgIpc) is 2.91. The van der Waals surface area contributed by atoms with Crippen LogP contribution in [0.2, 0.25) is 5.02 Å². The normalized spacial score (nSPS) is 22.4. The molecule has 1 N–H and O–H groups in total. The van der Waals surface area contributed by atoms with Crippen LogP contribution in [0.3, 0.4) is 0 Å². The highest BCUT2D eigenvalue weighted by atomic mass is 35.5. The van der Waals surface area contributed by atoms with E-state index in [-0.39, 0.29) is 11.9 Å². The number of halogens is 2. The van der Waals surface area contributed by atoms with Gasteiger partial charge in [0, 0.05) is 11.4 Å². The lowest BCUT2D eigenvalue weighted by Gasteiger charge is -2.25. The number of nitrogens with zero attached hydrogens (tertiary/aromatic N) is 2. The molecule has 0 aliphatic carbocycles. The van der Waals surface area contributed by atoms with E-state index in [1.807, 2.05) is 0 Å². The summed E-state index contributed by atoms with van der Waals surface area (Å²) in [7, 11) is 0. The number of aromatic nitrogens is 2. The summed E-state index contributed by atoms with van der Waals surface area (Å²) in [6, 6.07) is 4.45. The van der Waals surface area contributed by atoms with Crippen molar-refractivity contribution in [3.8, 4) is 0 Å². The van der Waals surface area contributed by atoms with Crippen molar-refractivity contribution in [2.75, 3.05) is 6.54 Å². The monoisotopic (exact) mass is 309 g/mol. The fraction of sp³-hybridized carbons (Fsp3) is 0.467. The lowest BCUT2D eigenvalue weighted by molar-refractivity contribution is 0.259. The second-order valence-corrected chi connectivity index (χ2v) is 6.00. The molecule has 21 heavy (non-hydrogen) atoms. The molecule has 6 heteroatoms. The summed E-state index contributed by atoms with van der Waals surface area (Å²) in [5, 5.41) is 7.77. The Hall–Kier alpha value is -1.46. The summed E-state index contributed by atoms with van der Waals surface area (Å²) >= 11 is 6.02. The van der Waals surface area contributed by atoms with Crippen LogP contribution in [0.4, 0.5) is 4.39 Å². The molecule has 0 spiro atoms. The molecule has 2 aromatic rings. The quantitative estimate of drug-likeness (QED) is 0.942. The number of piperidine rings is 1. The molecular weight excluding hydrogens is 293 g/mol. The average molecular weight is 310 g/mol. The van der Waals surface area contributed by atoms with Crippen LogP contribution in [0.1, 0.15) is 43.1 Å². The topological polar surface area (TPSA) is 51.0 Å². The Labute approximate surface area is 127 Å². The smallest absolute Gasteiger partial charge is 0.243 e. The van der Waals surface area contributed by atoms with Gasteiger partial charge < -0.3 is 9.84 Å². The van der Waals surface area contributed by atoms with Crippen molar-refractivity contribution in [2.24, 2.45) is 5.92 Å². The van der Waals surface area contributed by atoms with E-state index in [4.69, 9.17) is 16.1 Å². The molecular formula is C15H17ClFN3O. The van der Waals surface area contributed by atoms with Crippen LogP contribution >= 0.6 is 11.6 Å². The number of hydrogen-bond acceptors (Lipinski definition) is 4. The fourth-order valence-electron chi connectivity index (χ4n) is 2.61. The largest absolute Gasteiger partial charge is 0.338 e. The predicted molar refractivity (Wildman–Crippen MR) is 77.7 cm³/mol. The van der Waals surface area contributed by atoms with E-state index in [2.05, 4.69) is 22.4 Å². The molecule has 1 aromatic carbocycles. The van der Waals surface area contributed by atoms with E-state index in [1.165, 1.54) is 18.6 Å². The predicted octanol–water partition coefficient (Wildman–Crippen LogP) is 3.51. The molecule has 4 nitrogen and oxygen atoms in total. The molecule has 2 atom stereocenters. The number of hydrogen-bond donors (Lipinski definition) is 1. The second kappa shape index (κ2) is 6.12. The molecule has 1 aromatic heterocycles. The molecule has 2 unspecified atom stereocenters. The second-order valence-electron chi connectivity index (χ2n) is 5.60. The lowest BCUT2D eigenvalue weighted by atomic mass is 9.94. The van der Waals surface area contributed by atoms with Crippen LogP contribution in [-0.4, -0.2) is 16.7 Å². The molecule has 0 bridgehead atoms. The SMILES string of the molecule is CC1CCNC(c2nc(Cc3ccc(F)cc3Cl)no2)C1. The summed E-state index contributed by atoms with van der Waals surface area (Å²) in [5.41, 5.74) is 0.787. The minimum absolute atomic E-state index is 0.124. The number of rotatable bonds is 3. The van der Waals surface area contributed by atoms with Crippen LogP contribution in [0.25, 0.3) is 0 Å². The first-order valence-electron chi connectivity index (χ1n) is 7.11. The van der Waals surface area contributed by atoms with E-state index >= 15 is 0 Å². The number of benzene rings is 1. The first kappa shape index (κ1) is 14.5. The summed E-state index contributed by atoms with van der Waals surface area (Å²) in [4.78, 5) is 4.43. The van der Waals surface area contributed by atoms with Crippen molar-refractivity contribution in [2.45, 2.75) is 32.2 Å². The van der Waals surface area contributed by atoms with Gasteiger partial charge in [0.2, 0.25) is 5.89 Å². The van der Waals surface area contributed by atoms with Crippen LogP contribution in [0.5, 0.6) is 0 Å². The summed E-state index contributed by atoms with van der Waals surface area (Å²) in [6.45, 7) is 3.19. The Morgan fingerprint density at radius 2 is 2.33 bits per heavy atom. The molecule has 1 saturated heterocycles. The Balaban J connectivity index is 1.72. The first-order chi connectivity index (χ1) is 10.1. The van der Waals surface area contributed by atoms with Crippen molar-refractivity contribution >= 4 is 11.6 Å². The zero-order valence-corrected chi connectivity index (χ0v) is 12.5. The minimum atomic E-state index is -0.349. The molecule has 2 heterocycles. The number of nitrogens with one attached hydrogen (secondary N) is 1. The van der Waals surface area contributed by atoms with Crippen molar-refractivity contribution in [3.05, 3.63) is 46.3 Å². The summed E-state index contributed by atoms with van der Waals surface area (Å²) in [6.07, 6.45) is 2.60. The van der Waals surface area contributed by atoms with Crippen molar-refractivity contribution in [3.63, 3.8) is 0 Å². The third-order valence-corrected chi connectivity index (χ3v) is 4.16. The third-order valence-electron chi connectivity index (χ3n) is 3.81. The van der Waals surface area contributed by atoms with Gasteiger partial charge >= 0.3 is 0 Å². The van der Waals surface area contributed by atoms with Crippen LogP contribution in [0.15, 0.2) is 22.7 Å². The van der Waals surface area contributed by atoms with Gasteiger partial charge in [0.15, 0.2) is 5.82 Å². The highest BCUT2D eigenvalue weighted by Crippen LogP contribution is 2.26. The summed E-state index contributed by atoms with van der Waals surface area (Å²) in [5.74, 6) is 1.49. The molecule has 1 aliphatic heterocycles. The molecule has 0 saturated carbocycles. The van der Waals surface area contributed by atoms with Crippen LogP contribution < -0.4 is 5.32 Å². The highest BCUT2D eigenvalue weighted by molar-refractivity contribution is 6.31. The zero-order valence-electron chi connectivity index (χ0n) is 11.8. The van der Waals surface area contributed by atoms with E-state index in [0.29, 0.717) is 29.1 Å². The minimum Gasteiger partial charge on any atom is -0.338 e. The Morgan fingerprint density at radius 1 is 1.48 bits per heavy atom. The van der Waals surface area contributed by atoms with Gasteiger partial charge in [-0.15, -0.1) is 0 Å². The van der Waals surface area contributed by atoms with Gasteiger partial charge in [-0.25, -0.2) is 4.39 Å². The molecule has 112 valence electrons. The zero-order chi connectivity index (χ0) is 14.8. The Kier molecular flexibility index (Phi) is 4.22. The van der Waals surface area contributed by atoms with E-state index in [9.17, 15) is 4.39 Å². The molecule has 1 aliphatic rings. The first-order valence-corrected chi connectivity index (χ1v) is 7.49. The van der Waals surface area contributed by atoms with Crippen molar-refractivity contribution in [1.82, 2.24) is 15.5 Å². The van der Waals surface area contributed by atoms with Crippen molar-refractivity contribution < 1.29 is 8.91 Å². The van der Waals surface area contributed by atoms with Crippen LogP contribution in [-0.2, 0) is 6.42 Å². The standard InChI is InChI=1S/C15H17ClFN3O/c1-9-4-5-18-13(6-9)15-19-14(20-21-15)7-10-2-3-11(17)8-12(10)16/h2-3,8-9,13,18H,4-7H2,1H3. The van der Waals surface area contributed by atoms with Gasteiger partial charge in [0.25, 0.3) is 0 Å². The Bertz CT molecular complexity index is 631. The van der Waals surface area contributed by atoms with Crippen molar-refractivity contribution in [1.29, 1.82) is 0 Å². The van der Waals surface area contributed by atoms with Gasteiger partial charge in [-0.1, -0.05) is 29.7 Å². The maximum absolute atomic E-state index is 13.0. The molecule has 3 rings (SSSR count). The molecule has 1 fully saturated rings. The lowest BCUT2D eigenvalue weighted by Crippen LogP contribution is -2.30. The van der Waals surface area contributed by atoms with E-state index in [1.54, 1.807) is 6.07 Å². The van der Waals surface area contributed by atoms with Gasteiger partial charge in [0.05, 0.1) is 6.04 Å². The van der Waals surface area contributed by atoms with Gasteiger partial charge in [0.1, 0.15) is 5.82 Å². The van der Waals surface area contributed by atoms with Crippen LogP contribution in [0, 0.1) is 11.7 Å². The fourth-order valence-corrected chi connectivity index (χ4v) is 2.85. The maximum atomic E-state index is 13.0. The van der Waals surface area contributed by atoms with Gasteiger partial charge in [-0.05, 0) is 43.0 Å². The summed E-state index contributed by atoms with van der Waals surface area (Å²) < 4.78 is 18.4. The van der Waals surface area contributed by atoms with Gasteiger partial charge in [-0.3, -0.25) is 0 Å². The third kappa shape index (κ3) is 3.41. The van der Waals surface area contributed by atoms with Gasteiger partial charge in [-0.2, -0.15) is 4.98 Å². The Morgan fingerprint density at radius 3 is 3.10 bits per heavy atom.